The Morgan fingerprint density at radius 1 is 1.16 bits per heavy atom. The van der Waals surface area contributed by atoms with E-state index in [2.05, 4.69) is 34.3 Å². The third-order valence-corrected chi connectivity index (χ3v) is 3.00. The van der Waals surface area contributed by atoms with Crippen molar-refractivity contribution in [1.29, 1.82) is 0 Å². The standard InChI is InChI=1S/C8H10ClN3.C7H8/c1-5-10-4-7(9)8(11-5)12-6-2-3-6;1-7-5-3-2-4-6-7/h4,6H,2-3H2,1H3,(H,10,11,12);2-6H,1H3. The molecule has 0 aliphatic heterocycles. The molecule has 1 heterocycles. The Hall–Kier alpha value is -1.61. The molecular weight excluding hydrogens is 258 g/mol. The zero-order valence-electron chi connectivity index (χ0n) is 11.2. The van der Waals surface area contributed by atoms with E-state index in [-0.39, 0.29) is 0 Å². The van der Waals surface area contributed by atoms with E-state index in [1.807, 2.05) is 25.1 Å². The fourth-order valence-corrected chi connectivity index (χ4v) is 1.66. The number of anilines is 1. The number of nitrogens with zero attached hydrogens (tertiary/aromatic N) is 2. The molecule has 3 nitrogen and oxygen atoms in total. The first-order valence-electron chi connectivity index (χ1n) is 6.42. The van der Waals surface area contributed by atoms with Crippen molar-refractivity contribution in [1.82, 2.24) is 9.97 Å². The molecule has 1 N–H and O–H groups in total. The number of aryl methyl sites for hydroxylation is 2. The number of nitrogens with one attached hydrogen (secondary N) is 1. The van der Waals surface area contributed by atoms with Gasteiger partial charge in [0.2, 0.25) is 0 Å². The van der Waals surface area contributed by atoms with Crippen molar-refractivity contribution in [2.45, 2.75) is 32.7 Å². The van der Waals surface area contributed by atoms with Crippen LogP contribution in [-0.4, -0.2) is 16.0 Å². The molecule has 3 rings (SSSR count). The lowest BCUT2D eigenvalue weighted by molar-refractivity contribution is 1.02. The first kappa shape index (κ1) is 13.8. The Labute approximate surface area is 119 Å². The summed E-state index contributed by atoms with van der Waals surface area (Å²) in [6.07, 6.45) is 4.08. The topological polar surface area (TPSA) is 37.8 Å². The maximum atomic E-state index is 5.88. The van der Waals surface area contributed by atoms with Gasteiger partial charge in [0.1, 0.15) is 16.7 Å². The fraction of sp³-hybridized carbons (Fsp3) is 0.333. The molecule has 19 heavy (non-hydrogen) atoms. The van der Waals surface area contributed by atoms with Gasteiger partial charge in [0.25, 0.3) is 0 Å². The van der Waals surface area contributed by atoms with Crippen LogP contribution >= 0.6 is 11.6 Å². The van der Waals surface area contributed by atoms with Crippen molar-refractivity contribution in [2.75, 3.05) is 5.32 Å². The van der Waals surface area contributed by atoms with Gasteiger partial charge in [0.05, 0.1) is 6.20 Å². The number of hydrogen-bond acceptors (Lipinski definition) is 3. The van der Waals surface area contributed by atoms with Crippen LogP contribution in [0.4, 0.5) is 5.82 Å². The molecule has 4 heteroatoms. The quantitative estimate of drug-likeness (QED) is 0.900. The Kier molecular flexibility index (Phi) is 4.74. The van der Waals surface area contributed by atoms with Gasteiger partial charge in [0, 0.05) is 6.04 Å². The molecule has 0 bridgehead atoms. The van der Waals surface area contributed by atoms with Crippen LogP contribution in [0, 0.1) is 13.8 Å². The van der Waals surface area contributed by atoms with Gasteiger partial charge in [0.15, 0.2) is 0 Å². The molecule has 1 aliphatic rings. The van der Waals surface area contributed by atoms with E-state index >= 15 is 0 Å². The highest BCUT2D eigenvalue weighted by molar-refractivity contribution is 6.32. The summed E-state index contributed by atoms with van der Waals surface area (Å²) in [5.74, 6) is 1.52. The molecule has 0 amide bonds. The van der Waals surface area contributed by atoms with Gasteiger partial charge in [-0.1, -0.05) is 47.5 Å². The Morgan fingerprint density at radius 3 is 2.37 bits per heavy atom. The Balaban J connectivity index is 0.000000163. The van der Waals surface area contributed by atoms with E-state index in [1.165, 1.54) is 18.4 Å². The van der Waals surface area contributed by atoms with Gasteiger partial charge in [-0.3, -0.25) is 0 Å². The molecule has 0 atom stereocenters. The highest BCUT2D eigenvalue weighted by Gasteiger charge is 2.22. The molecular formula is C15H18ClN3. The monoisotopic (exact) mass is 275 g/mol. The van der Waals surface area contributed by atoms with Crippen LogP contribution in [-0.2, 0) is 0 Å². The zero-order chi connectivity index (χ0) is 13.7. The van der Waals surface area contributed by atoms with Crippen LogP contribution in [0.5, 0.6) is 0 Å². The number of benzene rings is 1. The molecule has 1 aromatic carbocycles. The second kappa shape index (κ2) is 6.53. The van der Waals surface area contributed by atoms with Gasteiger partial charge in [-0.2, -0.15) is 0 Å². The maximum absolute atomic E-state index is 5.88. The molecule has 0 unspecified atom stereocenters. The van der Waals surface area contributed by atoms with Gasteiger partial charge < -0.3 is 5.32 Å². The first-order chi connectivity index (χ1) is 9.15. The molecule has 1 fully saturated rings. The lowest BCUT2D eigenvalue weighted by Crippen LogP contribution is -2.05. The van der Waals surface area contributed by atoms with Crippen LogP contribution in [0.2, 0.25) is 5.02 Å². The predicted molar refractivity (Wildman–Crippen MR) is 79.6 cm³/mol. The summed E-state index contributed by atoms with van der Waals surface area (Å²) in [6, 6.07) is 10.8. The Morgan fingerprint density at radius 2 is 1.84 bits per heavy atom. The van der Waals surface area contributed by atoms with E-state index < -0.39 is 0 Å². The highest BCUT2D eigenvalue weighted by atomic mass is 35.5. The minimum Gasteiger partial charge on any atom is -0.366 e. The second-order valence-electron chi connectivity index (χ2n) is 4.69. The summed E-state index contributed by atoms with van der Waals surface area (Å²) in [6.45, 7) is 3.94. The predicted octanol–water partition coefficient (Wildman–Crippen LogP) is 4.01. The smallest absolute Gasteiger partial charge is 0.148 e. The van der Waals surface area contributed by atoms with Crippen molar-refractivity contribution < 1.29 is 0 Å². The zero-order valence-corrected chi connectivity index (χ0v) is 12.0. The SMILES string of the molecule is Cc1ccccc1.Cc1ncc(Cl)c(NC2CC2)n1. The van der Waals surface area contributed by atoms with Crippen molar-refractivity contribution in [2.24, 2.45) is 0 Å². The van der Waals surface area contributed by atoms with Gasteiger partial charge in [-0.15, -0.1) is 0 Å². The minimum atomic E-state index is 0.580. The summed E-state index contributed by atoms with van der Waals surface area (Å²) >= 11 is 5.88. The molecule has 0 saturated heterocycles. The number of hydrogen-bond donors (Lipinski definition) is 1. The largest absolute Gasteiger partial charge is 0.366 e. The van der Waals surface area contributed by atoms with Gasteiger partial charge >= 0.3 is 0 Å². The molecule has 100 valence electrons. The summed E-state index contributed by atoms with van der Waals surface area (Å²) < 4.78 is 0. The van der Waals surface area contributed by atoms with Crippen molar-refractivity contribution >= 4 is 17.4 Å². The average molecular weight is 276 g/mol. The van der Waals surface area contributed by atoms with Crippen LogP contribution in [0.15, 0.2) is 36.5 Å². The molecule has 1 saturated carbocycles. The fourth-order valence-electron chi connectivity index (χ4n) is 1.51. The van der Waals surface area contributed by atoms with E-state index in [9.17, 15) is 0 Å². The summed E-state index contributed by atoms with van der Waals surface area (Å²) in [7, 11) is 0. The van der Waals surface area contributed by atoms with Crippen molar-refractivity contribution in [3.8, 4) is 0 Å². The molecule has 1 aromatic heterocycles. The number of rotatable bonds is 2. The second-order valence-corrected chi connectivity index (χ2v) is 5.09. The minimum absolute atomic E-state index is 0.580. The molecule has 1 aliphatic carbocycles. The van der Waals surface area contributed by atoms with Gasteiger partial charge in [-0.25, -0.2) is 9.97 Å². The van der Waals surface area contributed by atoms with Crippen LogP contribution in [0.25, 0.3) is 0 Å². The van der Waals surface area contributed by atoms with Crippen molar-refractivity contribution in [3.05, 3.63) is 52.9 Å². The summed E-state index contributed by atoms with van der Waals surface area (Å²) in [5.41, 5.74) is 1.32. The third-order valence-electron chi connectivity index (χ3n) is 2.72. The average Bonchev–Trinajstić information content (AvgIpc) is 3.20. The van der Waals surface area contributed by atoms with E-state index in [0.717, 1.165) is 11.6 Å². The highest BCUT2D eigenvalue weighted by Crippen LogP contribution is 2.27. The van der Waals surface area contributed by atoms with E-state index in [1.54, 1.807) is 6.20 Å². The number of aromatic nitrogens is 2. The Bertz CT molecular complexity index is 524. The number of halogens is 1. The summed E-state index contributed by atoms with van der Waals surface area (Å²) in [5, 5.41) is 3.85. The van der Waals surface area contributed by atoms with Gasteiger partial charge in [-0.05, 0) is 26.7 Å². The molecule has 0 radical (unpaired) electrons. The van der Waals surface area contributed by atoms with E-state index in [4.69, 9.17) is 11.6 Å². The lowest BCUT2D eigenvalue weighted by Gasteiger charge is -2.04. The third kappa shape index (κ3) is 4.87. The molecule has 0 spiro atoms. The first-order valence-corrected chi connectivity index (χ1v) is 6.80. The maximum Gasteiger partial charge on any atom is 0.148 e. The normalized spacial score (nSPS) is 13.4. The van der Waals surface area contributed by atoms with Crippen molar-refractivity contribution in [3.63, 3.8) is 0 Å². The van der Waals surface area contributed by atoms with Crippen LogP contribution in [0.3, 0.4) is 0 Å². The van der Waals surface area contributed by atoms with E-state index in [0.29, 0.717) is 11.1 Å². The van der Waals surface area contributed by atoms with Crippen LogP contribution < -0.4 is 5.32 Å². The van der Waals surface area contributed by atoms with Crippen LogP contribution in [0.1, 0.15) is 24.2 Å². The summed E-state index contributed by atoms with van der Waals surface area (Å²) in [4.78, 5) is 8.18. The lowest BCUT2D eigenvalue weighted by atomic mass is 10.2. The molecule has 2 aromatic rings.